The second kappa shape index (κ2) is 2.67. The van der Waals surface area contributed by atoms with E-state index in [9.17, 15) is 0 Å². The Bertz CT molecular complexity index is 94.9. The Labute approximate surface area is 56.6 Å². The van der Waals surface area contributed by atoms with Crippen LogP contribution in [0, 0.1) is 0 Å². The molecule has 0 radical (unpaired) electrons. The van der Waals surface area contributed by atoms with Gasteiger partial charge in [-0.3, -0.25) is 0 Å². The topological polar surface area (TPSA) is 21.3 Å². The maximum absolute atomic E-state index is 5.54. The molecule has 1 heterocycles. The number of hydrogen-bond donors (Lipinski definition) is 1. The molecule has 0 aromatic carbocycles. The van der Waals surface area contributed by atoms with Gasteiger partial charge in [-0.1, -0.05) is 0 Å². The summed E-state index contributed by atoms with van der Waals surface area (Å²) in [5.41, 5.74) is 0. The summed E-state index contributed by atoms with van der Waals surface area (Å²) in [5, 5.41) is 3.36. The minimum Gasteiger partial charge on any atom is -0.373 e. The van der Waals surface area contributed by atoms with Crippen molar-refractivity contribution >= 4 is 0 Å². The van der Waals surface area contributed by atoms with Crippen molar-refractivity contribution in [2.45, 2.75) is 39.0 Å². The van der Waals surface area contributed by atoms with E-state index >= 15 is 0 Å². The Morgan fingerprint density at radius 3 is 2.44 bits per heavy atom. The number of rotatable bonds is 0. The van der Waals surface area contributed by atoms with E-state index in [-0.39, 0.29) is 0 Å². The van der Waals surface area contributed by atoms with Crippen LogP contribution in [-0.4, -0.2) is 24.8 Å². The lowest BCUT2D eigenvalue weighted by molar-refractivity contribution is -0.0395. The van der Waals surface area contributed by atoms with E-state index in [2.05, 4.69) is 26.1 Å². The van der Waals surface area contributed by atoms with E-state index in [1.54, 1.807) is 0 Å². The first-order valence-electron chi connectivity index (χ1n) is 3.59. The summed E-state index contributed by atoms with van der Waals surface area (Å²) in [6.45, 7) is 7.34. The van der Waals surface area contributed by atoms with Crippen LogP contribution in [0.5, 0.6) is 0 Å². The summed E-state index contributed by atoms with van der Waals surface area (Å²) >= 11 is 0. The molecule has 1 aliphatic heterocycles. The molecular weight excluding hydrogens is 114 g/mol. The third kappa shape index (κ3) is 1.66. The predicted molar refractivity (Wildman–Crippen MR) is 37.5 cm³/mol. The van der Waals surface area contributed by atoms with Crippen LogP contribution in [0.25, 0.3) is 0 Å². The van der Waals surface area contributed by atoms with E-state index < -0.39 is 0 Å². The van der Waals surface area contributed by atoms with Crippen molar-refractivity contribution in [1.29, 1.82) is 0 Å². The standard InChI is InChI=1S/C7H15NO/c1-5-4-8-6(2)7(3)9-5/h5-8H,4H2,1-3H3/t5-,6-,7-/m1/s1. The van der Waals surface area contributed by atoms with Gasteiger partial charge >= 0.3 is 0 Å². The molecule has 1 N–H and O–H groups in total. The van der Waals surface area contributed by atoms with Crippen molar-refractivity contribution in [2.24, 2.45) is 0 Å². The van der Waals surface area contributed by atoms with Crippen molar-refractivity contribution < 1.29 is 4.74 Å². The van der Waals surface area contributed by atoms with Crippen molar-refractivity contribution in [2.75, 3.05) is 6.54 Å². The molecule has 0 spiro atoms. The summed E-state index contributed by atoms with van der Waals surface area (Å²) < 4.78 is 5.54. The van der Waals surface area contributed by atoms with Gasteiger partial charge in [-0.05, 0) is 20.8 Å². The van der Waals surface area contributed by atoms with Gasteiger partial charge in [0.1, 0.15) is 0 Å². The zero-order chi connectivity index (χ0) is 6.85. The molecule has 1 rings (SSSR count). The van der Waals surface area contributed by atoms with E-state index in [0.29, 0.717) is 18.2 Å². The molecule has 1 fully saturated rings. The molecule has 3 atom stereocenters. The second-order valence-electron chi connectivity index (χ2n) is 2.85. The lowest BCUT2D eigenvalue weighted by atomic mass is 10.1. The number of nitrogens with one attached hydrogen (secondary N) is 1. The highest BCUT2D eigenvalue weighted by atomic mass is 16.5. The first-order chi connectivity index (χ1) is 4.20. The van der Waals surface area contributed by atoms with Gasteiger partial charge < -0.3 is 10.1 Å². The van der Waals surface area contributed by atoms with Crippen LogP contribution < -0.4 is 5.32 Å². The molecule has 0 unspecified atom stereocenters. The highest BCUT2D eigenvalue weighted by molar-refractivity contribution is 4.76. The fourth-order valence-electron chi connectivity index (χ4n) is 1.05. The highest BCUT2D eigenvalue weighted by Crippen LogP contribution is 2.07. The molecule has 2 nitrogen and oxygen atoms in total. The minimum absolute atomic E-state index is 0.369. The molecule has 0 bridgehead atoms. The normalized spacial score (nSPS) is 45.0. The average Bonchev–Trinajstić information content (AvgIpc) is 1.80. The van der Waals surface area contributed by atoms with Crippen LogP contribution in [0.4, 0.5) is 0 Å². The van der Waals surface area contributed by atoms with Crippen molar-refractivity contribution in [3.63, 3.8) is 0 Å². The zero-order valence-electron chi connectivity index (χ0n) is 6.35. The summed E-state index contributed by atoms with van der Waals surface area (Å²) in [4.78, 5) is 0. The average molecular weight is 129 g/mol. The van der Waals surface area contributed by atoms with Crippen LogP contribution in [-0.2, 0) is 4.74 Å². The number of morpholine rings is 1. The van der Waals surface area contributed by atoms with Crippen LogP contribution >= 0.6 is 0 Å². The summed E-state index contributed by atoms with van der Waals surface area (Å²) in [7, 11) is 0. The maximum Gasteiger partial charge on any atom is 0.0701 e. The third-order valence-corrected chi connectivity index (χ3v) is 1.88. The van der Waals surface area contributed by atoms with Crippen LogP contribution in [0.3, 0.4) is 0 Å². The Balaban J connectivity index is 2.35. The zero-order valence-corrected chi connectivity index (χ0v) is 6.35. The Kier molecular flexibility index (Phi) is 2.09. The van der Waals surface area contributed by atoms with E-state index in [0.717, 1.165) is 6.54 Å². The number of ether oxygens (including phenoxy) is 1. The monoisotopic (exact) mass is 129 g/mol. The van der Waals surface area contributed by atoms with Crippen molar-refractivity contribution in [1.82, 2.24) is 5.32 Å². The van der Waals surface area contributed by atoms with E-state index in [4.69, 9.17) is 4.74 Å². The van der Waals surface area contributed by atoms with Gasteiger partial charge in [0, 0.05) is 12.6 Å². The van der Waals surface area contributed by atoms with Crippen LogP contribution in [0.1, 0.15) is 20.8 Å². The molecular formula is C7H15NO. The van der Waals surface area contributed by atoms with Gasteiger partial charge in [-0.2, -0.15) is 0 Å². The molecule has 1 aliphatic rings. The van der Waals surface area contributed by atoms with Gasteiger partial charge in [0.15, 0.2) is 0 Å². The molecule has 1 saturated heterocycles. The van der Waals surface area contributed by atoms with Crippen molar-refractivity contribution in [3.8, 4) is 0 Å². The summed E-state index contributed by atoms with van der Waals surface area (Å²) in [6.07, 6.45) is 0.755. The lowest BCUT2D eigenvalue weighted by Gasteiger charge is -2.31. The van der Waals surface area contributed by atoms with Crippen molar-refractivity contribution in [3.05, 3.63) is 0 Å². The van der Waals surface area contributed by atoms with Crippen LogP contribution in [0.15, 0.2) is 0 Å². The molecule has 9 heavy (non-hydrogen) atoms. The third-order valence-electron chi connectivity index (χ3n) is 1.88. The fraction of sp³-hybridized carbons (Fsp3) is 1.00. The second-order valence-corrected chi connectivity index (χ2v) is 2.85. The molecule has 0 aliphatic carbocycles. The molecule has 0 aromatic heterocycles. The van der Waals surface area contributed by atoms with Gasteiger partial charge in [0.2, 0.25) is 0 Å². The number of hydrogen-bond acceptors (Lipinski definition) is 2. The maximum atomic E-state index is 5.54. The van der Waals surface area contributed by atoms with E-state index in [1.165, 1.54) is 0 Å². The minimum atomic E-state index is 0.369. The van der Waals surface area contributed by atoms with Crippen LogP contribution in [0.2, 0.25) is 0 Å². The smallest absolute Gasteiger partial charge is 0.0701 e. The van der Waals surface area contributed by atoms with E-state index in [1.807, 2.05) is 0 Å². The Morgan fingerprint density at radius 1 is 1.33 bits per heavy atom. The summed E-state index contributed by atoms with van der Waals surface area (Å²) in [6, 6.07) is 0.515. The summed E-state index contributed by atoms with van der Waals surface area (Å²) in [5.74, 6) is 0. The molecule has 0 aromatic rings. The SMILES string of the molecule is C[C@@H]1CN[C@H](C)[C@@H](C)O1. The first-order valence-corrected chi connectivity index (χ1v) is 3.59. The van der Waals surface area contributed by atoms with Gasteiger partial charge in [0.05, 0.1) is 12.2 Å². The molecule has 2 heteroatoms. The first kappa shape index (κ1) is 7.03. The lowest BCUT2D eigenvalue weighted by Crippen LogP contribution is -2.48. The molecule has 54 valence electrons. The molecule has 0 amide bonds. The predicted octanol–water partition coefficient (Wildman–Crippen LogP) is 0.772. The molecule has 0 saturated carbocycles. The highest BCUT2D eigenvalue weighted by Gasteiger charge is 2.20. The van der Waals surface area contributed by atoms with Gasteiger partial charge in [0.25, 0.3) is 0 Å². The Morgan fingerprint density at radius 2 is 2.00 bits per heavy atom. The fourth-order valence-corrected chi connectivity index (χ4v) is 1.05. The van der Waals surface area contributed by atoms with Gasteiger partial charge in [-0.15, -0.1) is 0 Å². The Hall–Kier alpha value is -0.0800. The largest absolute Gasteiger partial charge is 0.373 e. The van der Waals surface area contributed by atoms with Gasteiger partial charge in [-0.25, -0.2) is 0 Å². The quantitative estimate of drug-likeness (QED) is 0.521.